The standard InChI is InChI=1S/C22H16B5FN6O2/c1-9-2-15(18(35)21(23,24)22(25,26)27)29-7-13(9)11-3-10-6-30-17(33-20(36)12-4-14(12)28)5-16(10)34-19(11)31-8-32-34/h2-3,5-8,12,14,18,35H,4H2,1H3,(H,30,33,36)/t12-,14?,18?/m0/s1. The van der Waals surface area contributed by atoms with Crippen LogP contribution >= 0.6 is 0 Å². The molecule has 0 spiro atoms. The summed E-state index contributed by atoms with van der Waals surface area (Å²) in [4.78, 5) is 25.1. The summed E-state index contributed by atoms with van der Waals surface area (Å²) in [5.74, 6) is -0.747. The molecule has 0 bridgehead atoms. The lowest BCUT2D eigenvalue weighted by Crippen LogP contribution is -2.38. The summed E-state index contributed by atoms with van der Waals surface area (Å²) in [5.41, 5.74) is 3.41. The Balaban J connectivity index is 1.53. The van der Waals surface area contributed by atoms with E-state index in [0.29, 0.717) is 27.7 Å². The number of carbonyl (C=O) groups is 1. The van der Waals surface area contributed by atoms with Gasteiger partial charge in [-0.1, -0.05) is 5.21 Å². The van der Waals surface area contributed by atoms with E-state index in [1.54, 1.807) is 22.8 Å². The average molecular weight is 469 g/mol. The summed E-state index contributed by atoms with van der Waals surface area (Å²) in [6, 6.07) is 5.11. The number of aryl methyl sites for hydroxylation is 1. The molecular weight excluding hydrogens is 453 g/mol. The fraction of sp³-hybridized carbons (Fsp3) is 0.318. The van der Waals surface area contributed by atoms with Crippen molar-refractivity contribution in [3.8, 4) is 11.1 Å². The number of amides is 1. The first kappa shape index (κ1) is 24.6. The van der Waals surface area contributed by atoms with Gasteiger partial charge in [-0.3, -0.25) is 9.78 Å². The molecule has 14 heteroatoms. The summed E-state index contributed by atoms with van der Waals surface area (Å²) in [7, 11) is 28.7. The molecule has 4 heterocycles. The van der Waals surface area contributed by atoms with Crippen molar-refractivity contribution < 1.29 is 14.3 Å². The Labute approximate surface area is 212 Å². The van der Waals surface area contributed by atoms with E-state index in [4.69, 9.17) is 39.2 Å². The maximum atomic E-state index is 13.2. The van der Waals surface area contributed by atoms with Crippen molar-refractivity contribution in [1.29, 1.82) is 0 Å². The smallest absolute Gasteiger partial charge is 0.231 e. The van der Waals surface area contributed by atoms with Crippen LogP contribution in [0.1, 0.15) is 23.8 Å². The van der Waals surface area contributed by atoms with Gasteiger partial charge in [0.1, 0.15) is 18.3 Å². The minimum absolute atomic E-state index is 0.137. The van der Waals surface area contributed by atoms with Crippen molar-refractivity contribution >= 4 is 67.5 Å². The summed E-state index contributed by atoms with van der Waals surface area (Å²) in [5, 5.41) is 14.2. The molecule has 0 saturated heterocycles. The van der Waals surface area contributed by atoms with Crippen LogP contribution in [0.2, 0.25) is 10.3 Å². The van der Waals surface area contributed by atoms with Gasteiger partial charge < -0.3 is 10.4 Å². The second kappa shape index (κ2) is 8.47. The summed E-state index contributed by atoms with van der Waals surface area (Å²) < 4.78 is 14.8. The molecule has 1 fully saturated rings. The predicted octanol–water partition coefficient (Wildman–Crippen LogP) is 1.01. The molecule has 36 heavy (non-hydrogen) atoms. The zero-order chi connectivity index (χ0) is 26.0. The highest BCUT2D eigenvalue weighted by atomic mass is 19.1. The van der Waals surface area contributed by atoms with Gasteiger partial charge in [-0.25, -0.2) is 18.9 Å². The maximum Gasteiger partial charge on any atom is 0.231 e. The van der Waals surface area contributed by atoms with E-state index in [-0.39, 0.29) is 17.9 Å². The highest BCUT2D eigenvalue weighted by molar-refractivity contribution is 6.67. The third-order valence-corrected chi connectivity index (χ3v) is 6.43. The minimum atomic E-state index is -2.07. The lowest BCUT2D eigenvalue weighted by atomic mass is 9.22. The number of halogens is 1. The lowest BCUT2D eigenvalue weighted by molar-refractivity contribution is -0.117. The van der Waals surface area contributed by atoms with E-state index in [2.05, 4.69) is 25.4 Å². The van der Waals surface area contributed by atoms with Crippen molar-refractivity contribution in [2.75, 3.05) is 5.32 Å². The fourth-order valence-corrected chi connectivity index (χ4v) is 3.98. The largest absolute Gasteiger partial charge is 0.388 e. The zero-order valence-corrected chi connectivity index (χ0v) is 19.3. The Morgan fingerprint density at radius 3 is 2.50 bits per heavy atom. The third kappa shape index (κ3) is 4.11. The molecule has 0 aromatic carbocycles. The highest BCUT2D eigenvalue weighted by Crippen LogP contribution is 2.48. The Morgan fingerprint density at radius 2 is 1.86 bits per heavy atom. The lowest BCUT2D eigenvalue weighted by Gasteiger charge is -2.45. The molecule has 2 unspecified atom stereocenters. The predicted molar refractivity (Wildman–Crippen MR) is 137 cm³/mol. The SMILES string of the molecule is [B]C([B])([B])C([B])([B])C(O)c1cc(C)c(-c2cc3cnc(NC(=O)[C@H]4CC4F)cc3n3ncnc23)cn1. The van der Waals surface area contributed by atoms with Gasteiger partial charge in [0.25, 0.3) is 0 Å². The van der Waals surface area contributed by atoms with E-state index >= 15 is 0 Å². The van der Waals surface area contributed by atoms with Crippen LogP contribution < -0.4 is 5.32 Å². The summed E-state index contributed by atoms with van der Waals surface area (Å²) in [6.45, 7) is 1.81. The van der Waals surface area contributed by atoms with Crippen LogP contribution in [0, 0.1) is 12.8 Å². The van der Waals surface area contributed by atoms with Gasteiger partial charge in [0.15, 0.2) is 5.65 Å². The number of pyridine rings is 3. The van der Waals surface area contributed by atoms with Crippen LogP contribution in [0.15, 0.2) is 36.9 Å². The second-order valence-corrected chi connectivity index (χ2v) is 9.22. The molecule has 2 N–H and O–H groups in total. The van der Waals surface area contributed by atoms with Gasteiger partial charge in [0, 0.05) is 58.5 Å². The molecule has 0 aliphatic heterocycles. The molecule has 4 aromatic heterocycles. The van der Waals surface area contributed by atoms with Crippen molar-refractivity contribution in [3.05, 3.63) is 48.2 Å². The molecule has 4 aromatic rings. The summed E-state index contributed by atoms with van der Waals surface area (Å²) >= 11 is 0. The van der Waals surface area contributed by atoms with Crippen LogP contribution in [0.4, 0.5) is 10.2 Å². The van der Waals surface area contributed by atoms with E-state index in [0.717, 1.165) is 5.56 Å². The van der Waals surface area contributed by atoms with Gasteiger partial charge in [-0.05, 0) is 31.0 Å². The van der Waals surface area contributed by atoms with Crippen molar-refractivity contribution in [2.45, 2.75) is 35.9 Å². The Kier molecular flexibility index (Phi) is 5.78. The van der Waals surface area contributed by atoms with E-state index in [1.807, 2.05) is 13.0 Å². The molecule has 3 atom stereocenters. The number of rotatable bonds is 6. The Morgan fingerprint density at radius 1 is 1.14 bits per heavy atom. The molecule has 10 radical (unpaired) electrons. The first-order valence-electron chi connectivity index (χ1n) is 11.1. The first-order valence-corrected chi connectivity index (χ1v) is 11.1. The molecular formula is C22H16B5FN6O2. The highest BCUT2D eigenvalue weighted by Gasteiger charge is 2.43. The monoisotopic (exact) mass is 470 g/mol. The maximum absolute atomic E-state index is 13.2. The number of aromatic nitrogens is 5. The number of nitrogens with one attached hydrogen (secondary N) is 1. The van der Waals surface area contributed by atoms with E-state index in [9.17, 15) is 14.3 Å². The first-order chi connectivity index (χ1) is 16.9. The number of nitrogens with zero attached hydrogens (tertiary/aromatic N) is 5. The van der Waals surface area contributed by atoms with Crippen LogP contribution in [0.25, 0.3) is 27.7 Å². The van der Waals surface area contributed by atoms with E-state index in [1.165, 1.54) is 12.5 Å². The van der Waals surface area contributed by atoms with E-state index < -0.39 is 34.4 Å². The van der Waals surface area contributed by atoms with Crippen LogP contribution in [0.5, 0.6) is 0 Å². The Bertz CT molecular complexity index is 1510. The number of anilines is 1. The number of aliphatic hydroxyl groups excluding tert-OH is 1. The molecule has 1 saturated carbocycles. The molecule has 1 aliphatic rings. The Hall–Kier alpha value is -3.14. The summed E-state index contributed by atoms with van der Waals surface area (Å²) in [6.07, 6.45) is 2.09. The zero-order valence-electron chi connectivity index (χ0n) is 19.3. The van der Waals surface area contributed by atoms with Gasteiger partial charge in [-0.2, -0.15) is 5.10 Å². The van der Waals surface area contributed by atoms with Gasteiger partial charge in [0.05, 0.1) is 38.9 Å². The van der Waals surface area contributed by atoms with Gasteiger partial charge >= 0.3 is 0 Å². The topological polar surface area (TPSA) is 105 Å². The molecule has 5 rings (SSSR count). The van der Waals surface area contributed by atoms with Crippen LogP contribution in [0.3, 0.4) is 0 Å². The quantitative estimate of drug-likeness (QED) is 0.409. The molecule has 1 aliphatic carbocycles. The normalized spacial score (nSPS) is 18.9. The van der Waals surface area contributed by atoms with Crippen molar-refractivity contribution in [1.82, 2.24) is 24.6 Å². The van der Waals surface area contributed by atoms with Gasteiger partial charge in [0.2, 0.25) is 5.91 Å². The third-order valence-electron chi connectivity index (χ3n) is 6.43. The van der Waals surface area contributed by atoms with Crippen molar-refractivity contribution in [2.24, 2.45) is 5.92 Å². The second-order valence-electron chi connectivity index (χ2n) is 9.22. The minimum Gasteiger partial charge on any atom is -0.388 e. The number of carbonyl (C=O) groups excluding carboxylic acids is 1. The number of aliphatic hydroxyl groups is 1. The molecule has 168 valence electrons. The number of alkyl halides is 1. The molecule has 8 nitrogen and oxygen atoms in total. The van der Waals surface area contributed by atoms with Crippen LogP contribution in [-0.4, -0.2) is 81.0 Å². The fourth-order valence-electron chi connectivity index (χ4n) is 3.98. The number of fused-ring (bicyclic) bond motifs is 3. The number of hydrogen-bond donors (Lipinski definition) is 2. The van der Waals surface area contributed by atoms with Crippen molar-refractivity contribution in [3.63, 3.8) is 0 Å². The van der Waals surface area contributed by atoms with Crippen LogP contribution in [-0.2, 0) is 4.79 Å². The molecule has 1 amide bonds. The average Bonchev–Trinajstić information content (AvgIpc) is 3.34. The van der Waals surface area contributed by atoms with Gasteiger partial charge in [-0.15, -0.1) is 5.11 Å². The number of hydrogen-bond acceptors (Lipinski definition) is 6.